The Kier molecular flexibility index (Phi) is 6.68. The van der Waals surface area contributed by atoms with Crippen molar-refractivity contribution in [1.29, 1.82) is 0 Å². The second kappa shape index (κ2) is 8.52. The van der Waals surface area contributed by atoms with Crippen LogP contribution in [0.2, 0.25) is 0 Å². The fourth-order valence-electron chi connectivity index (χ4n) is 3.72. The first-order valence-corrected chi connectivity index (χ1v) is 8.64. The van der Waals surface area contributed by atoms with E-state index in [9.17, 15) is 9.59 Å². The van der Waals surface area contributed by atoms with E-state index in [-0.39, 0.29) is 17.9 Å². The highest BCUT2D eigenvalue weighted by Gasteiger charge is 2.37. The molecule has 1 saturated carbocycles. The lowest BCUT2D eigenvalue weighted by Crippen LogP contribution is -2.50. The van der Waals surface area contributed by atoms with Gasteiger partial charge in [0, 0.05) is 44.6 Å². The largest absolute Gasteiger partial charge is 0.382 e. The zero-order valence-electron chi connectivity index (χ0n) is 13.3. The van der Waals surface area contributed by atoms with Gasteiger partial charge in [-0.3, -0.25) is 9.59 Å². The van der Waals surface area contributed by atoms with Crippen LogP contribution in [0.15, 0.2) is 0 Å². The van der Waals surface area contributed by atoms with Crippen LogP contribution in [0.1, 0.15) is 64.7 Å². The summed E-state index contributed by atoms with van der Waals surface area (Å²) in [5, 5.41) is 0. The van der Waals surface area contributed by atoms with Gasteiger partial charge in [-0.25, -0.2) is 0 Å². The Labute approximate surface area is 128 Å². The zero-order chi connectivity index (χ0) is 15.1. The molecule has 0 bridgehead atoms. The lowest BCUT2D eigenvalue weighted by molar-refractivity contribution is -0.139. The van der Waals surface area contributed by atoms with Crippen molar-refractivity contribution < 1.29 is 14.3 Å². The van der Waals surface area contributed by atoms with Crippen LogP contribution >= 0.6 is 0 Å². The minimum absolute atomic E-state index is 0.106. The van der Waals surface area contributed by atoms with E-state index in [0.29, 0.717) is 31.8 Å². The topological polar surface area (TPSA) is 46.6 Å². The van der Waals surface area contributed by atoms with Gasteiger partial charge in [-0.15, -0.1) is 0 Å². The summed E-state index contributed by atoms with van der Waals surface area (Å²) in [6, 6.07) is 0.172. The molecule has 2 fully saturated rings. The number of carbonyl (C=O) groups excluding carboxylic acids is 2. The molecular formula is C17H29NO3. The molecule has 2 atom stereocenters. The average Bonchev–Trinajstić information content (AvgIpc) is 2.52. The first kappa shape index (κ1) is 16.5. The summed E-state index contributed by atoms with van der Waals surface area (Å²) in [6.45, 7) is 4.17. The molecule has 2 unspecified atom stereocenters. The van der Waals surface area contributed by atoms with Gasteiger partial charge in [-0.05, 0) is 45.4 Å². The van der Waals surface area contributed by atoms with Crippen LogP contribution in [0.4, 0.5) is 0 Å². The van der Waals surface area contributed by atoms with Gasteiger partial charge in [0.15, 0.2) is 0 Å². The first-order chi connectivity index (χ1) is 10.2. The van der Waals surface area contributed by atoms with Crippen molar-refractivity contribution in [3.05, 3.63) is 0 Å². The van der Waals surface area contributed by atoms with Crippen molar-refractivity contribution in [3.8, 4) is 0 Å². The Morgan fingerprint density at radius 3 is 2.81 bits per heavy atom. The van der Waals surface area contributed by atoms with Crippen molar-refractivity contribution >= 4 is 11.7 Å². The van der Waals surface area contributed by atoms with Crippen molar-refractivity contribution in [2.24, 2.45) is 5.92 Å². The second-order valence-corrected chi connectivity index (χ2v) is 6.27. The number of hydrogen-bond acceptors (Lipinski definition) is 3. The number of Topliss-reactive ketones (excluding diaryl/α,β-unsaturated/α-hetero) is 1. The summed E-state index contributed by atoms with van der Waals surface area (Å²) in [7, 11) is 0. The molecule has 0 aromatic rings. The van der Waals surface area contributed by atoms with E-state index in [4.69, 9.17) is 4.74 Å². The maximum absolute atomic E-state index is 12.5. The summed E-state index contributed by atoms with van der Waals surface area (Å²) < 4.78 is 5.31. The number of rotatable bonds is 6. The van der Waals surface area contributed by atoms with Gasteiger partial charge in [-0.1, -0.05) is 6.42 Å². The number of likely N-dealkylation sites (tertiary alicyclic amines) is 1. The standard InChI is InChI=1S/C17H29NO3/c1-2-21-13-7-11-17(20)18-12-6-5-9-15(18)14-8-3-4-10-16(14)19/h14-15H,2-13H2,1H3. The van der Waals surface area contributed by atoms with Gasteiger partial charge in [0.2, 0.25) is 5.91 Å². The zero-order valence-corrected chi connectivity index (χ0v) is 13.3. The van der Waals surface area contributed by atoms with Crippen LogP contribution in [0.25, 0.3) is 0 Å². The highest BCUT2D eigenvalue weighted by atomic mass is 16.5. The average molecular weight is 295 g/mol. The fourth-order valence-corrected chi connectivity index (χ4v) is 3.72. The molecule has 0 radical (unpaired) electrons. The molecule has 2 rings (SSSR count). The van der Waals surface area contributed by atoms with Gasteiger partial charge >= 0.3 is 0 Å². The third kappa shape index (κ3) is 4.53. The number of ether oxygens (including phenoxy) is 1. The van der Waals surface area contributed by atoms with E-state index in [1.54, 1.807) is 0 Å². The molecule has 120 valence electrons. The van der Waals surface area contributed by atoms with E-state index in [1.165, 1.54) is 0 Å². The van der Waals surface area contributed by atoms with Gasteiger partial charge in [-0.2, -0.15) is 0 Å². The smallest absolute Gasteiger partial charge is 0.222 e. The van der Waals surface area contributed by atoms with Crippen molar-refractivity contribution in [3.63, 3.8) is 0 Å². The Balaban J connectivity index is 1.91. The predicted octanol–water partition coefficient (Wildman–Crippen LogP) is 2.94. The second-order valence-electron chi connectivity index (χ2n) is 6.27. The van der Waals surface area contributed by atoms with Crippen LogP contribution in [0, 0.1) is 5.92 Å². The summed E-state index contributed by atoms with van der Waals surface area (Å²) >= 11 is 0. The molecule has 1 aliphatic carbocycles. The summed E-state index contributed by atoms with van der Waals surface area (Å²) in [4.78, 5) is 26.7. The summed E-state index contributed by atoms with van der Waals surface area (Å²) in [5.41, 5.74) is 0. The number of piperidine rings is 1. The molecule has 0 aromatic heterocycles. The van der Waals surface area contributed by atoms with E-state index in [0.717, 1.165) is 51.5 Å². The van der Waals surface area contributed by atoms with Crippen LogP contribution in [0.3, 0.4) is 0 Å². The Morgan fingerprint density at radius 2 is 2.05 bits per heavy atom. The van der Waals surface area contributed by atoms with Crippen LogP contribution in [0.5, 0.6) is 0 Å². The molecule has 0 aromatic carbocycles. The molecule has 1 heterocycles. The Morgan fingerprint density at radius 1 is 1.24 bits per heavy atom. The number of ketones is 1. The molecular weight excluding hydrogens is 266 g/mol. The normalized spacial score (nSPS) is 26.9. The number of amides is 1. The van der Waals surface area contributed by atoms with E-state index >= 15 is 0 Å². The predicted molar refractivity (Wildman–Crippen MR) is 82.0 cm³/mol. The van der Waals surface area contributed by atoms with Crippen molar-refractivity contribution in [2.75, 3.05) is 19.8 Å². The molecule has 0 N–H and O–H groups in total. The van der Waals surface area contributed by atoms with E-state index in [1.807, 2.05) is 11.8 Å². The van der Waals surface area contributed by atoms with Gasteiger partial charge in [0.25, 0.3) is 0 Å². The van der Waals surface area contributed by atoms with Crippen molar-refractivity contribution in [2.45, 2.75) is 70.8 Å². The van der Waals surface area contributed by atoms with Gasteiger partial charge in [0.1, 0.15) is 5.78 Å². The summed E-state index contributed by atoms with van der Waals surface area (Å²) in [5.74, 6) is 0.716. The maximum atomic E-state index is 12.5. The quantitative estimate of drug-likeness (QED) is 0.708. The van der Waals surface area contributed by atoms with Gasteiger partial charge in [0.05, 0.1) is 0 Å². The Hall–Kier alpha value is -0.900. The highest BCUT2D eigenvalue weighted by molar-refractivity contribution is 5.84. The van der Waals surface area contributed by atoms with Crippen LogP contribution < -0.4 is 0 Å². The minimum atomic E-state index is 0.106. The lowest BCUT2D eigenvalue weighted by atomic mass is 9.79. The SMILES string of the molecule is CCOCCCC(=O)N1CCCCC1C1CCCCC1=O. The fraction of sp³-hybridized carbons (Fsp3) is 0.882. The van der Waals surface area contributed by atoms with E-state index in [2.05, 4.69) is 0 Å². The third-order valence-corrected chi connectivity index (χ3v) is 4.82. The van der Waals surface area contributed by atoms with Crippen LogP contribution in [-0.4, -0.2) is 42.4 Å². The lowest BCUT2D eigenvalue weighted by Gasteiger charge is -2.41. The minimum Gasteiger partial charge on any atom is -0.382 e. The highest BCUT2D eigenvalue weighted by Crippen LogP contribution is 2.32. The van der Waals surface area contributed by atoms with Crippen molar-refractivity contribution in [1.82, 2.24) is 4.90 Å². The number of hydrogen-bond donors (Lipinski definition) is 0. The summed E-state index contributed by atoms with van der Waals surface area (Å²) in [6.07, 6.45) is 8.44. The third-order valence-electron chi connectivity index (χ3n) is 4.82. The van der Waals surface area contributed by atoms with Gasteiger partial charge < -0.3 is 9.64 Å². The molecule has 21 heavy (non-hydrogen) atoms. The molecule has 2 aliphatic rings. The van der Waals surface area contributed by atoms with Crippen LogP contribution in [-0.2, 0) is 14.3 Å². The molecule has 1 aliphatic heterocycles. The molecule has 1 amide bonds. The molecule has 4 nitrogen and oxygen atoms in total. The monoisotopic (exact) mass is 295 g/mol. The van der Waals surface area contributed by atoms with E-state index < -0.39 is 0 Å². The molecule has 1 saturated heterocycles. The number of nitrogens with zero attached hydrogens (tertiary/aromatic N) is 1. The Bertz CT molecular complexity index is 356. The molecule has 0 spiro atoms. The number of carbonyl (C=O) groups is 2. The molecule has 4 heteroatoms. The first-order valence-electron chi connectivity index (χ1n) is 8.64. The maximum Gasteiger partial charge on any atom is 0.222 e.